The number of hydrogen-bond acceptors (Lipinski definition) is 3. The predicted octanol–water partition coefficient (Wildman–Crippen LogP) is 1.86. The van der Waals surface area contributed by atoms with E-state index in [9.17, 15) is 4.79 Å². The average molecular weight is 283 g/mol. The Kier molecular flexibility index (Phi) is 7.52. The molecule has 1 saturated heterocycles. The fourth-order valence-corrected chi connectivity index (χ4v) is 2.83. The summed E-state index contributed by atoms with van der Waals surface area (Å²) in [5.74, 6) is 1.48. The largest absolute Gasteiger partial charge is 0.355 e. The molecular formula is C16H33N3O. The van der Waals surface area contributed by atoms with E-state index in [-0.39, 0.29) is 11.9 Å². The summed E-state index contributed by atoms with van der Waals surface area (Å²) in [6.07, 6.45) is 3.51. The van der Waals surface area contributed by atoms with Gasteiger partial charge in [0, 0.05) is 19.1 Å². The summed E-state index contributed by atoms with van der Waals surface area (Å²) >= 11 is 0. The lowest BCUT2D eigenvalue weighted by Gasteiger charge is -2.38. The molecule has 1 fully saturated rings. The number of likely N-dealkylation sites (tertiary alicyclic amines) is 1. The molecule has 20 heavy (non-hydrogen) atoms. The lowest BCUT2D eigenvalue weighted by molar-refractivity contribution is -0.126. The van der Waals surface area contributed by atoms with Gasteiger partial charge in [-0.25, -0.2) is 0 Å². The molecule has 0 spiro atoms. The number of nitrogens with zero attached hydrogens (tertiary/aromatic N) is 1. The van der Waals surface area contributed by atoms with Gasteiger partial charge in [0.05, 0.1) is 6.04 Å². The van der Waals surface area contributed by atoms with Gasteiger partial charge in [-0.15, -0.1) is 0 Å². The quantitative estimate of drug-likeness (QED) is 0.749. The second-order valence-electron chi connectivity index (χ2n) is 6.62. The van der Waals surface area contributed by atoms with Crippen molar-refractivity contribution in [2.75, 3.05) is 26.7 Å². The maximum Gasteiger partial charge on any atom is 0.237 e. The first-order valence-corrected chi connectivity index (χ1v) is 8.14. The number of piperidine rings is 1. The van der Waals surface area contributed by atoms with Crippen LogP contribution in [0.15, 0.2) is 0 Å². The van der Waals surface area contributed by atoms with Gasteiger partial charge in [-0.2, -0.15) is 0 Å². The highest BCUT2D eigenvalue weighted by molar-refractivity contribution is 5.81. The molecule has 0 aliphatic carbocycles. The smallest absolute Gasteiger partial charge is 0.237 e. The van der Waals surface area contributed by atoms with E-state index in [1.807, 2.05) is 14.0 Å². The fourth-order valence-electron chi connectivity index (χ4n) is 2.83. The van der Waals surface area contributed by atoms with Crippen molar-refractivity contribution >= 4 is 5.91 Å². The third kappa shape index (κ3) is 5.41. The molecule has 3 unspecified atom stereocenters. The lowest BCUT2D eigenvalue weighted by atomic mass is 9.91. The highest BCUT2D eigenvalue weighted by Crippen LogP contribution is 2.21. The van der Waals surface area contributed by atoms with Crippen LogP contribution in [0.3, 0.4) is 0 Å². The highest BCUT2D eigenvalue weighted by atomic mass is 16.2. The molecule has 0 saturated carbocycles. The van der Waals surface area contributed by atoms with Gasteiger partial charge in [0.1, 0.15) is 0 Å². The molecular weight excluding hydrogens is 250 g/mol. The van der Waals surface area contributed by atoms with Crippen LogP contribution in [0.25, 0.3) is 0 Å². The Morgan fingerprint density at radius 1 is 1.30 bits per heavy atom. The van der Waals surface area contributed by atoms with Gasteiger partial charge in [0.15, 0.2) is 0 Å². The van der Waals surface area contributed by atoms with Crippen molar-refractivity contribution in [1.29, 1.82) is 0 Å². The molecule has 118 valence electrons. The van der Waals surface area contributed by atoms with Crippen LogP contribution < -0.4 is 10.6 Å². The fraction of sp³-hybridized carbons (Fsp3) is 0.938. The van der Waals surface area contributed by atoms with Crippen LogP contribution in [-0.4, -0.2) is 49.6 Å². The van der Waals surface area contributed by atoms with Crippen LogP contribution in [0.1, 0.15) is 47.0 Å². The van der Waals surface area contributed by atoms with E-state index in [4.69, 9.17) is 0 Å². The molecule has 1 aliphatic rings. The lowest BCUT2D eigenvalue weighted by Crippen LogP contribution is -2.51. The van der Waals surface area contributed by atoms with E-state index in [2.05, 4.69) is 36.3 Å². The van der Waals surface area contributed by atoms with Crippen LogP contribution in [0.5, 0.6) is 0 Å². The Hall–Kier alpha value is -0.610. The van der Waals surface area contributed by atoms with Crippen molar-refractivity contribution in [3.63, 3.8) is 0 Å². The third-order valence-electron chi connectivity index (χ3n) is 4.60. The van der Waals surface area contributed by atoms with E-state index in [1.165, 1.54) is 12.8 Å². The summed E-state index contributed by atoms with van der Waals surface area (Å²) in [4.78, 5) is 14.5. The van der Waals surface area contributed by atoms with E-state index >= 15 is 0 Å². The summed E-state index contributed by atoms with van der Waals surface area (Å²) in [5.41, 5.74) is 0. The Morgan fingerprint density at radius 2 is 2.00 bits per heavy atom. The molecule has 1 rings (SSSR count). The van der Waals surface area contributed by atoms with Gasteiger partial charge in [-0.1, -0.05) is 13.8 Å². The number of amides is 1. The molecule has 1 amide bonds. The molecule has 4 nitrogen and oxygen atoms in total. The van der Waals surface area contributed by atoms with Crippen molar-refractivity contribution in [2.24, 2.45) is 11.8 Å². The monoisotopic (exact) mass is 283 g/mol. The van der Waals surface area contributed by atoms with Crippen LogP contribution >= 0.6 is 0 Å². The Morgan fingerprint density at radius 3 is 2.60 bits per heavy atom. The van der Waals surface area contributed by atoms with Gasteiger partial charge < -0.3 is 10.6 Å². The summed E-state index contributed by atoms with van der Waals surface area (Å²) < 4.78 is 0. The minimum atomic E-state index is -0.00554. The second kappa shape index (κ2) is 8.63. The number of carbonyl (C=O) groups excluding carboxylic acids is 1. The normalized spacial score (nSPS) is 23.6. The molecule has 1 aliphatic heterocycles. The van der Waals surface area contributed by atoms with Crippen molar-refractivity contribution in [3.8, 4) is 0 Å². The summed E-state index contributed by atoms with van der Waals surface area (Å²) in [6, 6.07) is 0.517. The zero-order valence-electron chi connectivity index (χ0n) is 13.9. The van der Waals surface area contributed by atoms with Gasteiger partial charge in [0.2, 0.25) is 5.91 Å². The van der Waals surface area contributed by atoms with Crippen molar-refractivity contribution in [1.82, 2.24) is 15.5 Å². The first-order chi connectivity index (χ1) is 9.45. The summed E-state index contributed by atoms with van der Waals surface area (Å²) in [6.45, 7) is 11.5. The van der Waals surface area contributed by atoms with Crippen molar-refractivity contribution in [2.45, 2.75) is 59.0 Å². The van der Waals surface area contributed by atoms with E-state index < -0.39 is 0 Å². The van der Waals surface area contributed by atoms with Crippen LogP contribution in [0.4, 0.5) is 0 Å². The van der Waals surface area contributed by atoms with Gasteiger partial charge in [-0.05, 0) is 58.5 Å². The van der Waals surface area contributed by atoms with Crippen LogP contribution in [0.2, 0.25) is 0 Å². The zero-order valence-corrected chi connectivity index (χ0v) is 13.9. The zero-order chi connectivity index (χ0) is 15.1. The predicted molar refractivity (Wildman–Crippen MR) is 84.7 cm³/mol. The number of carbonyl (C=O) groups is 1. The maximum absolute atomic E-state index is 12.2. The van der Waals surface area contributed by atoms with Gasteiger partial charge in [-0.3, -0.25) is 9.69 Å². The second-order valence-corrected chi connectivity index (χ2v) is 6.62. The molecule has 4 heteroatoms. The molecule has 0 aromatic carbocycles. The number of rotatable bonds is 7. The van der Waals surface area contributed by atoms with Crippen molar-refractivity contribution < 1.29 is 4.79 Å². The average Bonchev–Trinajstić information content (AvgIpc) is 2.45. The number of hydrogen-bond donors (Lipinski definition) is 2. The molecule has 3 atom stereocenters. The standard InChI is InChI=1S/C16H33N3O/c1-12(2)8-9-18-16(20)14(4)19-10-6-7-15(11-19)13(3)17-5/h12-15,17H,6-11H2,1-5H3,(H,18,20). The third-order valence-corrected chi connectivity index (χ3v) is 4.60. The SMILES string of the molecule is CNC(C)C1CCCN(C(C)C(=O)NCCC(C)C)C1. The minimum Gasteiger partial charge on any atom is -0.355 e. The summed E-state index contributed by atoms with van der Waals surface area (Å²) in [5, 5.41) is 6.42. The van der Waals surface area contributed by atoms with E-state index in [0.29, 0.717) is 17.9 Å². The van der Waals surface area contributed by atoms with E-state index in [1.54, 1.807) is 0 Å². The molecule has 1 heterocycles. The first kappa shape index (κ1) is 17.4. The Balaban J connectivity index is 2.41. The Labute approximate surface area is 124 Å². The first-order valence-electron chi connectivity index (χ1n) is 8.14. The van der Waals surface area contributed by atoms with Gasteiger partial charge >= 0.3 is 0 Å². The molecule has 0 bridgehead atoms. The van der Waals surface area contributed by atoms with Crippen LogP contribution in [-0.2, 0) is 4.79 Å². The molecule has 0 aromatic heterocycles. The topological polar surface area (TPSA) is 44.4 Å². The Bertz CT molecular complexity index is 293. The molecule has 0 aromatic rings. The highest BCUT2D eigenvalue weighted by Gasteiger charge is 2.29. The van der Waals surface area contributed by atoms with Crippen LogP contribution in [0, 0.1) is 11.8 Å². The molecule has 2 N–H and O–H groups in total. The summed E-state index contributed by atoms with van der Waals surface area (Å²) in [7, 11) is 2.02. The van der Waals surface area contributed by atoms with Gasteiger partial charge in [0.25, 0.3) is 0 Å². The number of nitrogens with one attached hydrogen (secondary N) is 2. The van der Waals surface area contributed by atoms with E-state index in [0.717, 1.165) is 26.1 Å². The van der Waals surface area contributed by atoms with Crippen molar-refractivity contribution in [3.05, 3.63) is 0 Å². The molecule has 0 radical (unpaired) electrons. The minimum absolute atomic E-state index is 0.00554. The maximum atomic E-state index is 12.2.